The van der Waals surface area contributed by atoms with Gasteiger partial charge < -0.3 is 15.2 Å². The number of carbonyl (C=O) groups is 1. The van der Waals surface area contributed by atoms with Crippen LogP contribution >= 0.6 is 0 Å². The first-order valence-electron chi connectivity index (χ1n) is 7.03. The number of aliphatic hydroxyl groups is 1. The highest BCUT2D eigenvalue weighted by molar-refractivity contribution is 5.76. The summed E-state index contributed by atoms with van der Waals surface area (Å²) in [7, 11) is 0. The van der Waals surface area contributed by atoms with Crippen molar-refractivity contribution in [2.24, 2.45) is 0 Å². The zero-order valence-corrected chi connectivity index (χ0v) is 12.0. The molecular formula is C17H18FNO3. The molecule has 0 radical (unpaired) electrons. The third-order valence-electron chi connectivity index (χ3n) is 3.05. The summed E-state index contributed by atoms with van der Waals surface area (Å²) in [5, 5.41) is 12.6. The topological polar surface area (TPSA) is 58.6 Å². The molecule has 2 aromatic rings. The van der Waals surface area contributed by atoms with Gasteiger partial charge in [0, 0.05) is 6.07 Å². The maximum atomic E-state index is 12.9. The third-order valence-corrected chi connectivity index (χ3v) is 3.05. The number of hydrogen-bond donors (Lipinski definition) is 2. The number of ether oxygens (including phenoxy) is 1. The molecule has 0 spiro atoms. The fourth-order valence-electron chi connectivity index (χ4n) is 1.96. The van der Waals surface area contributed by atoms with Gasteiger partial charge in [0.25, 0.3) is 0 Å². The molecule has 1 unspecified atom stereocenters. The molecule has 0 aliphatic carbocycles. The van der Waals surface area contributed by atoms with Gasteiger partial charge in [0.1, 0.15) is 18.2 Å². The molecule has 116 valence electrons. The molecule has 0 fully saturated rings. The lowest BCUT2D eigenvalue weighted by Crippen LogP contribution is -2.29. The highest BCUT2D eigenvalue weighted by atomic mass is 19.1. The maximum absolute atomic E-state index is 12.9. The Labute approximate surface area is 128 Å². The number of carbonyl (C=O) groups excluding carboxylic acids is 1. The van der Waals surface area contributed by atoms with Crippen LogP contribution in [0.2, 0.25) is 0 Å². The molecule has 0 saturated heterocycles. The molecule has 4 nitrogen and oxygen atoms in total. The molecule has 2 aromatic carbocycles. The van der Waals surface area contributed by atoms with E-state index in [9.17, 15) is 14.3 Å². The molecule has 22 heavy (non-hydrogen) atoms. The zero-order chi connectivity index (χ0) is 15.8. The van der Waals surface area contributed by atoms with Crippen molar-refractivity contribution in [2.45, 2.75) is 12.5 Å². The fraction of sp³-hybridized carbons (Fsp3) is 0.235. The van der Waals surface area contributed by atoms with Crippen LogP contribution < -0.4 is 10.1 Å². The molecule has 1 atom stereocenters. The smallest absolute Gasteiger partial charge is 0.223 e. The van der Waals surface area contributed by atoms with Crippen LogP contribution in [0.5, 0.6) is 5.75 Å². The lowest BCUT2D eigenvalue weighted by molar-refractivity contribution is -0.123. The highest BCUT2D eigenvalue weighted by Gasteiger charge is 2.12. The van der Waals surface area contributed by atoms with Crippen LogP contribution in [-0.2, 0) is 4.79 Å². The molecular weight excluding hydrogens is 285 g/mol. The molecule has 0 aliphatic heterocycles. The molecule has 0 bridgehead atoms. The van der Waals surface area contributed by atoms with Gasteiger partial charge in [-0.25, -0.2) is 4.39 Å². The number of aliphatic hydroxyl groups excluding tert-OH is 1. The molecule has 0 aromatic heterocycles. The SMILES string of the molecule is O=C(CC(O)c1ccccc1)NCCOc1cccc(F)c1. The van der Waals surface area contributed by atoms with E-state index in [0.29, 0.717) is 11.3 Å². The number of hydrogen-bond acceptors (Lipinski definition) is 3. The van der Waals surface area contributed by atoms with E-state index >= 15 is 0 Å². The van der Waals surface area contributed by atoms with Gasteiger partial charge in [0.15, 0.2) is 0 Å². The quantitative estimate of drug-likeness (QED) is 0.772. The minimum atomic E-state index is -0.828. The van der Waals surface area contributed by atoms with Crippen molar-refractivity contribution in [1.82, 2.24) is 5.32 Å². The standard InChI is InChI=1S/C17H18FNO3/c18-14-7-4-8-15(11-14)22-10-9-19-17(21)12-16(20)13-5-2-1-3-6-13/h1-8,11,16,20H,9-10,12H2,(H,19,21). The molecule has 2 rings (SSSR count). The summed E-state index contributed by atoms with van der Waals surface area (Å²) in [6.07, 6.45) is -0.838. The largest absolute Gasteiger partial charge is 0.492 e. The summed E-state index contributed by atoms with van der Waals surface area (Å²) < 4.78 is 18.2. The van der Waals surface area contributed by atoms with E-state index in [0.717, 1.165) is 0 Å². The molecule has 0 aliphatic rings. The van der Waals surface area contributed by atoms with E-state index in [1.54, 1.807) is 24.3 Å². The summed E-state index contributed by atoms with van der Waals surface area (Å²) in [6.45, 7) is 0.521. The van der Waals surface area contributed by atoms with E-state index in [1.807, 2.05) is 18.2 Å². The second-order valence-corrected chi connectivity index (χ2v) is 4.79. The van der Waals surface area contributed by atoms with Crippen LogP contribution in [0.4, 0.5) is 4.39 Å². The lowest BCUT2D eigenvalue weighted by Gasteiger charge is -2.11. The van der Waals surface area contributed by atoms with Crippen LogP contribution in [0.25, 0.3) is 0 Å². The van der Waals surface area contributed by atoms with Crippen molar-refractivity contribution in [3.63, 3.8) is 0 Å². The van der Waals surface area contributed by atoms with Crippen LogP contribution in [0.15, 0.2) is 54.6 Å². The van der Waals surface area contributed by atoms with Gasteiger partial charge in [0.2, 0.25) is 5.91 Å². The van der Waals surface area contributed by atoms with Crippen LogP contribution in [-0.4, -0.2) is 24.2 Å². The summed E-state index contributed by atoms with van der Waals surface area (Å²) in [5.74, 6) is -0.217. The maximum Gasteiger partial charge on any atom is 0.223 e. The zero-order valence-electron chi connectivity index (χ0n) is 12.0. The fourth-order valence-corrected chi connectivity index (χ4v) is 1.96. The summed E-state index contributed by atoms with van der Waals surface area (Å²) >= 11 is 0. The number of nitrogens with one attached hydrogen (secondary N) is 1. The number of halogens is 1. The van der Waals surface area contributed by atoms with Crippen molar-refractivity contribution in [3.05, 3.63) is 66.0 Å². The van der Waals surface area contributed by atoms with E-state index in [2.05, 4.69) is 5.32 Å². The Morgan fingerprint density at radius 3 is 2.68 bits per heavy atom. The van der Waals surface area contributed by atoms with Gasteiger partial charge in [-0.3, -0.25) is 4.79 Å². The lowest BCUT2D eigenvalue weighted by atomic mass is 10.1. The Kier molecular flexibility index (Phi) is 5.91. The Hall–Kier alpha value is -2.40. The van der Waals surface area contributed by atoms with Gasteiger partial charge >= 0.3 is 0 Å². The normalized spacial score (nSPS) is 11.7. The van der Waals surface area contributed by atoms with Gasteiger partial charge in [0.05, 0.1) is 19.1 Å². The van der Waals surface area contributed by atoms with E-state index in [4.69, 9.17) is 4.74 Å². The van der Waals surface area contributed by atoms with Crippen LogP contribution in [0, 0.1) is 5.82 Å². The first-order chi connectivity index (χ1) is 10.6. The molecule has 2 N–H and O–H groups in total. The predicted octanol–water partition coefficient (Wildman–Crippen LogP) is 2.44. The van der Waals surface area contributed by atoms with E-state index in [1.165, 1.54) is 12.1 Å². The third kappa shape index (κ3) is 5.18. The van der Waals surface area contributed by atoms with Gasteiger partial charge in [-0.2, -0.15) is 0 Å². The average molecular weight is 303 g/mol. The van der Waals surface area contributed by atoms with Crippen LogP contribution in [0.3, 0.4) is 0 Å². The predicted molar refractivity (Wildman–Crippen MR) is 80.9 cm³/mol. The average Bonchev–Trinajstić information content (AvgIpc) is 2.52. The minimum absolute atomic E-state index is 0.00994. The van der Waals surface area contributed by atoms with E-state index < -0.39 is 6.10 Å². The Morgan fingerprint density at radius 2 is 1.95 bits per heavy atom. The monoisotopic (exact) mass is 303 g/mol. The summed E-state index contributed by atoms with van der Waals surface area (Å²) in [4.78, 5) is 11.7. The molecule has 0 heterocycles. The Morgan fingerprint density at radius 1 is 1.18 bits per heavy atom. The summed E-state index contributed by atoms with van der Waals surface area (Å²) in [6, 6.07) is 14.8. The number of rotatable bonds is 7. The van der Waals surface area contributed by atoms with E-state index in [-0.39, 0.29) is 31.3 Å². The van der Waals surface area contributed by atoms with Crippen molar-refractivity contribution in [3.8, 4) is 5.75 Å². The first kappa shape index (κ1) is 16.0. The first-order valence-corrected chi connectivity index (χ1v) is 7.03. The van der Waals surface area contributed by atoms with Gasteiger partial charge in [-0.05, 0) is 17.7 Å². The minimum Gasteiger partial charge on any atom is -0.492 e. The van der Waals surface area contributed by atoms with Crippen molar-refractivity contribution in [1.29, 1.82) is 0 Å². The van der Waals surface area contributed by atoms with Gasteiger partial charge in [-0.15, -0.1) is 0 Å². The highest BCUT2D eigenvalue weighted by Crippen LogP contribution is 2.15. The molecule has 0 saturated carbocycles. The second kappa shape index (κ2) is 8.14. The number of benzene rings is 2. The van der Waals surface area contributed by atoms with Crippen molar-refractivity contribution >= 4 is 5.91 Å². The Balaban J connectivity index is 1.68. The summed E-state index contributed by atoms with van der Waals surface area (Å²) in [5.41, 5.74) is 0.702. The van der Waals surface area contributed by atoms with Gasteiger partial charge in [-0.1, -0.05) is 36.4 Å². The van der Waals surface area contributed by atoms with Crippen LogP contribution in [0.1, 0.15) is 18.1 Å². The second-order valence-electron chi connectivity index (χ2n) is 4.79. The molecule has 1 amide bonds. The molecule has 5 heteroatoms. The van der Waals surface area contributed by atoms with Crippen molar-refractivity contribution in [2.75, 3.05) is 13.2 Å². The van der Waals surface area contributed by atoms with Crippen molar-refractivity contribution < 1.29 is 19.0 Å². The Bertz CT molecular complexity index is 604. The number of amides is 1.